The van der Waals surface area contributed by atoms with Crippen molar-refractivity contribution in [1.29, 1.82) is 0 Å². The van der Waals surface area contributed by atoms with Crippen molar-refractivity contribution in [1.82, 2.24) is 0 Å². The molecular weight excluding hydrogens is 214 g/mol. The van der Waals surface area contributed by atoms with Gasteiger partial charge in [-0.15, -0.1) is 0 Å². The maximum absolute atomic E-state index is 12.9. The van der Waals surface area contributed by atoms with Gasteiger partial charge in [-0.2, -0.15) is 0 Å². The molecule has 4 heteroatoms. The van der Waals surface area contributed by atoms with Crippen molar-refractivity contribution in [2.24, 2.45) is 0 Å². The summed E-state index contributed by atoms with van der Waals surface area (Å²) in [5, 5.41) is 0. The lowest BCUT2D eigenvalue weighted by Gasteiger charge is -2.21. The van der Waals surface area contributed by atoms with E-state index < -0.39 is 17.7 Å². The molecule has 0 N–H and O–H groups in total. The number of ether oxygens (including phenoxy) is 1. The highest BCUT2D eigenvalue weighted by molar-refractivity contribution is 5.99. The van der Waals surface area contributed by atoms with Crippen molar-refractivity contribution in [2.75, 3.05) is 6.61 Å². The van der Waals surface area contributed by atoms with Crippen molar-refractivity contribution < 1.29 is 18.3 Å². The maximum atomic E-state index is 12.9. The SMILES string of the molecule is O=C(c1cc(F)cc(F)c1)C1CCCCO1. The molecule has 2 nitrogen and oxygen atoms in total. The quantitative estimate of drug-likeness (QED) is 0.725. The average Bonchev–Trinajstić information content (AvgIpc) is 2.28. The summed E-state index contributed by atoms with van der Waals surface area (Å²) in [5.41, 5.74) is 0.0457. The van der Waals surface area contributed by atoms with Crippen LogP contribution in [0.15, 0.2) is 18.2 Å². The summed E-state index contributed by atoms with van der Waals surface area (Å²) < 4.78 is 31.1. The second-order valence-electron chi connectivity index (χ2n) is 3.88. The van der Waals surface area contributed by atoms with Gasteiger partial charge in [-0.25, -0.2) is 8.78 Å². The highest BCUT2D eigenvalue weighted by Gasteiger charge is 2.23. The van der Waals surface area contributed by atoms with Crippen LogP contribution in [0.1, 0.15) is 29.6 Å². The number of rotatable bonds is 2. The molecule has 0 aromatic heterocycles. The number of Topliss-reactive ketones (excluding diaryl/α,β-unsaturated/α-hetero) is 1. The van der Waals surface area contributed by atoms with Crippen LogP contribution in [0.5, 0.6) is 0 Å². The van der Waals surface area contributed by atoms with Gasteiger partial charge in [0.05, 0.1) is 0 Å². The Labute approximate surface area is 92.2 Å². The zero-order chi connectivity index (χ0) is 11.5. The molecule has 0 saturated carbocycles. The van der Waals surface area contributed by atoms with E-state index in [0.29, 0.717) is 13.0 Å². The van der Waals surface area contributed by atoms with Gasteiger partial charge in [0.25, 0.3) is 0 Å². The van der Waals surface area contributed by atoms with Crippen LogP contribution in [-0.4, -0.2) is 18.5 Å². The van der Waals surface area contributed by atoms with Crippen LogP contribution in [0, 0.1) is 11.6 Å². The fourth-order valence-electron chi connectivity index (χ4n) is 1.83. The molecule has 1 heterocycles. The highest BCUT2D eigenvalue weighted by Crippen LogP contribution is 2.18. The molecule has 0 amide bonds. The summed E-state index contributed by atoms with van der Waals surface area (Å²) in [6.45, 7) is 0.536. The first-order valence-electron chi connectivity index (χ1n) is 5.29. The summed E-state index contributed by atoms with van der Waals surface area (Å²) in [7, 11) is 0. The zero-order valence-electron chi connectivity index (χ0n) is 8.71. The summed E-state index contributed by atoms with van der Waals surface area (Å²) in [6.07, 6.45) is 1.92. The van der Waals surface area contributed by atoms with E-state index in [4.69, 9.17) is 4.74 Å². The number of carbonyl (C=O) groups excluding carboxylic acids is 1. The molecular formula is C12H12F2O2. The van der Waals surface area contributed by atoms with Crippen LogP contribution in [0.3, 0.4) is 0 Å². The first kappa shape index (κ1) is 11.2. The van der Waals surface area contributed by atoms with Crippen molar-refractivity contribution in [3.8, 4) is 0 Å². The Morgan fingerprint density at radius 3 is 2.44 bits per heavy atom. The van der Waals surface area contributed by atoms with Crippen LogP contribution in [0.2, 0.25) is 0 Å². The lowest BCUT2D eigenvalue weighted by molar-refractivity contribution is 0.0186. The van der Waals surface area contributed by atoms with Crippen LogP contribution in [-0.2, 0) is 4.74 Å². The molecule has 0 aliphatic carbocycles. The molecule has 1 aliphatic rings. The third-order valence-electron chi connectivity index (χ3n) is 2.62. The Morgan fingerprint density at radius 1 is 1.19 bits per heavy atom. The van der Waals surface area contributed by atoms with Gasteiger partial charge in [-0.05, 0) is 31.4 Å². The van der Waals surface area contributed by atoms with Crippen molar-refractivity contribution in [2.45, 2.75) is 25.4 Å². The van der Waals surface area contributed by atoms with Crippen LogP contribution >= 0.6 is 0 Å². The fraction of sp³-hybridized carbons (Fsp3) is 0.417. The first-order valence-corrected chi connectivity index (χ1v) is 5.29. The van der Waals surface area contributed by atoms with Crippen molar-refractivity contribution in [3.05, 3.63) is 35.4 Å². The third kappa shape index (κ3) is 2.44. The molecule has 86 valence electrons. The standard InChI is InChI=1S/C12H12F2O2/c13-9-5-8(6-10(14)7-9)12(15)11-3-1-2-4-16-11/h5-7,11H,1-4H2. The molecule has 1 aromatic rings. The lowest BCUT2D eigenvalue weighted by Crippen LogP contribution is -2.28. The van der Waals surface area contributed by atoms with E-state index in [1.165, 1.54) is 0 Å². The number of carbonyl (C=O) groups is 1. The second-order valence-corrected chi connectivity index (χ2v) is 3.88. The van der Waals surface area contributed by atoms with Crippen LogP contribution < -0.4 is 0 Å². The summed E-state index contributed by atoms with van der Waals surface area (Å²) >= 11 is 0. The van der Waals surface area contributed by atoms with Gasteiger partial charge >= 0.3 is 0 Å². The Morgan fingerprint density at radius 2 is 1.88 bits per heavy atom. The number of halogens is 2. The minimum absolute atomic E-state index is 0.0457. The van der Waals surface area contributed by atoms with Gasteiger partial charge in [0.15, 0.2) is 5.78 Å². The fourth-order valence-corrected chi connectivity index (χ4v) is 1.83. The van der Waals surface area contributed by atoms with Gasteiger partial charge in [0.2, 0.25) is 0 Å². The molecule has 16 heavy (non-hydrogen) atoms. The number of hydrogen-bond acceptors (Lipinski definition) is 2. The predicted molar refractivity (Wildman–Crippen MR) is 54.3 cm³/mol. The maximum Gasteiger partial charge on any atom is 0.191 e. The first-order chi connectivity index (χ1) is 7.66. The third-order valence-corrected chi connectivity index (χ3v) is 2.62. The second kappa shape index (κ2) is 4.70. The van der Waals surface area contributed by atoms with E-state index in [1.807, 2.05) is 0 Å². The minimum Gasteiger partial charge on any atom is -0.370 e. The largest absolute Gasteiger partial charge is 0.370 e. The molecule has 1 unspecified atom stereocenters. The van der Waals surface area contributed by atoms with Gasteiger partial charge in [-0.3, -0.25) is 4.79 Å². The Hall–Kier alpha value is -1.29. The normalized spacial score (nSPS) is 20.8. The van der Waals surface area contributed by atoms with E-state index >= 15 is 0 Å². The smallest absolute Gasteiger partial charge is 0.191 e. The van der Waals surface area contributed by atoms with E-state index in [2.05, 4.69) is 0 Å². The molecule has 1 aliphatic heterocycles. The summed E-state index contributed by atoms with van der Waals surface area (Å²) in [4.78, 5) is 11.8. The molecule has 0 radical (unpaired) electrons. The van der Waals surface area contributed by atoms with Crippen molar-refractivity contribution in [3.63, 3.8) is 0 Å². The highest BCUT2D eigenvalue weighted by atomic mass is 19.1. The Balaban J connectivity index is 2.19. The van der Waals surface area contributed by atoms with Gasteiger partial charge in [0, 0.05) is 18.2 Å². The number of ketones is 1. The molecule has 1 fully saturated rings. The zero-order valence-corrected chi connectivity index (χ0v) is 8.71. The van der Waals surface area contributed by atoms with Crippen LogP contribution in [0.4, 0.5) is 8.78 Å². The van der Waals surface area contributed by atoms with E-state index in [1.54, 1.807) is 0 Å². The van der Waals surface area contributed by atoms with Crippen molar-refractivity contribution >= 4 is 5.78 Å². The summed E-state index contributed by atoms with van der Waals surface area (Å²) in [5.74, 6) is -1.81. The predicted octanol–water partition coefficient (Wildman–Crippen LogP) is 2.72. The molecule has 2 rings (SSSR count). The van der Waals surface area contributed by atoms with Crippen LogP contribution in [0.25, 0.3) is 0 Å². The number of benzene rings is 1. The summed E-state index contributed by atoms with van der Waals surface area (Å²) in [6, 6.07) is 2.84. The Kier molecular flexibility index (Phi) is 3.29. The van der Waals surface area contributed by atoms with E-state index in [-0.39, 0.29) is 11.3 Å². The molecule has 1 atom stereocenters. The molecule has 1 saturated heterocycles. The molecule has 1 aromatic carbocycles. The van der Waals surface area contributed by atoms with Gasteiger partial charge in [0.1, 0.15) is 17.7 Å². The average molecular weight is 226 g/mol. The Bertz CT molecular complexity index is 378. The number of hydrogen-bond donors (Lipinski definition) is 0. The van der Waals surface area contributed by atoms with E-state index in [9.17, 15) is 13.6 Å². The van der Waals surface area contributed by atoms with E-state index in [0.717, 1.165) is 31.0 Å². The topological polar surface area (TPSA) is 26.3 Å². The van der Waals surface area contributed by atoms with Gasteiger partial charge in [-0.1, -0.05) is 0 Å². The van der Waals surface area contributed by atoms with Gasteiger partial charge < -0.3 is 4.74 Å². The minimum atomic E-state index is -0.737. The molecule has 0 bridgehead atoms. The lowest BCUT2D eigenvalue weighted by atomic mass is 10.00. The molecule has 0 spiro atoms. The monoisotopic (exact) mass is 226 g/mol.